The van der Waals surface area contributed by atoms with E-state index in [9.17, 15) is 4.79 Å². The largest absolute Gasteiger partial charge is 0.492 e. The van der Waals surface area contributed by atoms with Gasteiger partial charge in [-0.15, -0.1) is 0 Å². The van der Waals surface area contributed by atoms with Gasteiger partial charge in [0, 0.05) is 19.5 Å². The minimum Gasteiger partial charge on any atom is -0.492 e. The van der Waals surface area contributed by atoms with Gasteiger partial charge in [0.1, 0.15) is 5.75 Å². The lowest BCUT2D eigenvalue weighted by atomic mass is 10.1. The number of halogens is 1. The van der Waals surface area contributed by atoms with E-state index in [1.807, 2.05) is 12.1 Å². The maximum Gasteiger partial charge on any atom is 0.222 e. The monoisotopic (exact) mass is 269 g/mol. The minimum atomic E-state index is -0.340. The molecule has 2 rings (SSSR count). The van der Waals surface area contributed by atoms with Crippen LogP contribution in [0, 0.1) is 0 Å². The molecule has 1 saturated heterocycles. The molecule has 1 heterocycles. The van der Waals surface area contributed by atoms with Gasteiger partial charge in [0.25, 0.3) is 0 Å². The van der Waals surface area contributed by atoms with E-state index in [0.717, 1.165) is 0 Å². The number of β-amino-alcohol motifs (C(OH)–C–C–N with tert-alkyl or cyclic N) is 1. The molecule has 1 aromatic rings. The van der Waals surface area contributed by atoms with Crippen molar-refractivity contribution in [2.45, 2.75) is 18.9 Å². The minimum absolute atomic E-state index is 0.0723. The molecule has 0 aliphatic carbocycles. The average Bonchev–Trinajstić information content (AvgIpc) is 2.32. The van der Waals surface area contributed by atoms with E-state index in [0.29, 0.717) is 43.3 Å². The number of hydrogen-bond acceptors (Lipinski definition) is 3. The van der Waals surface area contributed by atoms with Crippen molar-refractivity contribution in [1.82, 2.24) is 4.90 Å². The molecular formula is C13H16ClNO3. The summed E-state index contributed by atoms with van der Waals surface area (Å²) in [6, 6.07) is 7.27. The van der Waals surface area contributed by atoms with Gasteiger partial charge >= 0.3 is 0 Å². The molecule has 1 fully saturated rings. The van der Waals surface area contributed by atoms with Crippen molar-refractivity contribution in [3.8, 4) is 5.75 Å². The van der Waals surface area contributed by atoms with Crippen LogP contribution in [0.1, 0.15) is 12.8 Å². The highest BCUT2D eigenvalue weighted by atomic mass is 35.5. The summed E-state index contributed by atoms with van der Waals surface area (Å²) in [6.07, 6.45) is 0.752. The fourth-order valence-corrected chi connectivity index (χ4v) is 1.97. The number of rotatable bonds is 5. The molecule has 0 radical (unpaired) electrons. The van der Waals surface area contributed by atoms with Gasteiger partial charge in [-0.2, -0.15) is 0 Å². The molecule has 1 aromatic carbocycles. The van der Waals surface area contributed by atoms with Crippen molar-refractivity contribution in [3.05, 3.63) is 29.3 Å². The van der Waals surface area contributed by atoms with Crippen LogP contribution in [-0.4, -0.2) is 41.7 Å². The highest BCUT2D eigenvalue weighted by Crippen LogP contribution is 2.23. The highest BCUT2D eigenvalue weighted by molar-refractivity contribution is 6.32. The van der Waals surface area contributed by atoms with Gasteiger partial charge < -0.3 is 14.7 Å². The molecule has 0 bridgehead atoms. The molecule has 0 saturated carbocycles. The first-order valence-corrected chi connectivity index (χ1v) is 6.38. The number of para-hydroxylation sites is 1. The zero-order chi connectivity index (χ0) is 13.0. The quantitative estimate of drug-likeness (QED) is 0.828. The van der Waals surface area contributed by atoms with Gasteiger partial charge in [-0.1, -0.05) is 23.7 Å². The Morgan fingerprint density at radius 2 is 2.17 bits per heavy atom. The number of likely N-dealkylation sites (tertiary alicyclic amines) is 1. The molecule has 1 aliphatic heterocycles. The van der Waals surface area contributed by atoms with Crippen LogP contribution in [0.2, 0.25) is 5.02 Å². The van der Waals surface area contributed by atoms with Crippen LogP contribution in [0.25, 0.3) is 0 Å². The molecule has 5 heteroatoms. The van der Waals surface area contributed by atoms with E-state index in [-0.39, 0.29) is 12.0 Å². The SMILES string of the molecule is O=C(CCCOc1ccccc1Cl)N1CC(O)C1. The number of amides is 1. The van der Waals surface area contributed by atoms with Crippen LogP contribution in [0.15, 0.2) is 24.3 Å². The zero-order valence-corrected chi connectivity index (χ0v) is 10.8. The van der Waals surface area contributed by atoms with Crippen molar-refractivity contribution in [2.24, 2.45) is 0 Å². The van der Waals surface area contributed by atoms with Crippen LogP contribution in [0.5, 0.6) is 5.75 Å². The number of aliphatic hydroxyl groups is 1. The summed E-state index contributed by atoms with van der Waals surface area (Å²) in [4.78, 5) is 13.2. The lowest BCUT2D eigenvalue weighted by Gasteiger charge is -2.35. The van der Waals surface area contributed by atoms with E-state index in [2.05, 4.69) is 0 Å². The van der Waals surface area contributed by atoms with Crippen LogP contribution in [0.4, 0.5) is 0 Å². The molecular weight excluding hydrogens is 254 g/mol. The first-order chi connectivity index (χ1) is 8.66. The molecule has 18 heavy (non-hydrogen) atoms. The van der Waals surface area contributed by atoms with Crippen LogP contribution < -0.4 is 4.74 Å². The number of carbonyl (C=O) groups is 1. The maximum atomic E-state index is 11.6. The van der Waals surface area contributed by atoms with E-state index < -0.39 is 0 Å². The Morgan fingerprint density at radius 1 is 1.44 bits per heavy atom. The molecule has 0 spiro atoms. The van der Waals surface area contributed by atoms with Gasteiger partial charge in [0.15, 0.2) is 0 Å². The predicted octanol–water partition coefficient (Wildman–Crippen LogP) is 1.70. The number of hydrogen-bond donors (Lipinski definition) is 1. The summed E-state index contributed by atoms with van der Waals surface area (Å²) in [7, 11) is 0. The molecule has 1 N–H and O–H groups in total. The third-order valence-electron chi connectivity index (χ3n) is 2.84. The second-order valence-corrected chi connectivity index (χ2v) is 4.74. The van der Waals surface area contributed by atoms with E-state index >= 15 is 0 Å². The summed E-state index contributed by atoms with van der Waals surface area (Å²) in [5.41, 5.74) is 0. The number of aliphatic hydroxyl groups excluding tert-OH is 1. The highest BCUT2D eigenvalue weighted by Gasteiger charge is 2.27. The fraction of sp³-hybridized carbons (Fsp3) is 0.462. The second kappa shape index (κ2) is 6.07. The number of nitrogens with zero attached hydrogens (tertiary/aromatic N) is 1. The van der Waals surface area contributed by atoms with Gasteiger partial charge in [0.05, 0.1) is 17.7 Å². The first-order valence-electron chi connectivity index (χ1n) is 6.00. The molecule has 1 amide bonds. The Bertz CT molecular complexity index is 418. The van der Waals surface area contributed by atoms with Gasteiger partial charge in [-0.05, 0) is 18.6 Å². The standard InChI is InChI=1S/C13H16ClNO3/c14-11-4-1-2-5-12(11)18-7-3-6-13(17)15-8-10(16)9-15/h1-2,4-5,10,16H,3,6-9H2. The Kier molecular flexibility index (Phi) is 4.44. The zero-order valence-electron chi connectivity index (χ0n) is 10.0. The van der Waals surface area contributed by atoms with Gasteiger partial charge in [-0.25, -0.2) is 0 Å². The van der Waals surface area contributed by atoms with Crippen molar-refractivity contribution in [2.75, 3.05) is 19.7 Å². The second-order valence-electron chi connectivity index (χ2n) is 4.33. The maximum absolute atomic E-state index is 11.6. The average molecular weight is 270 g/mol. The van der Waals surface area contributed by atoms with Crippen molar-refractivity contribution >= 4 is 17.5 Å². The van der Waals surface area contributed by atoms with E-state index in [4.69, 9.17) is 21.4 Å². The van der Waals surface area contributed by atoms with Crippen molar-refractivity contribution in [3.63, 3.8) is 0 Å². The molecule has 0 atom stereocenters. The van der Waals surface area contributed by atoms with Crippen LogP contribution in [0.3, 0.4) is 0 Å². The summed E-state index contributed by atoms with van der Waals surface area (Å²) in [5, 5.41) is 9.66. The summed E-state index contributed by atoms with van der Waals surface area (Å²) in [6.45, 7) is 1.39. The first kappa shape index (κ1) is 13.2. The lowest BCUT2D eigenvalue weighted by molar-refractivity contribution is -0.141. The number of carbonyl (C=O) groups excluding carboxylic acids is 1. The van der Waals surface area contributed by atoms with Crippen molar-refractivity contribution in [1.29, 1.82) is 0 Å². The lowest BCUT2D eigenvalue weighted by Crippen LogP contribution is -2.53. The third-order valence-corrected chi connectivity index (χ3v) is 3.16. The smallest absolute Gasteiger partial charge is 0.222 e. The summed E-state index contributed by atoms with van der Waals surface area (Å²) >= 11 is 5.94. The van der Waals surface area contributed by atoms with Crippen LogP contribution in [-0.2, 0) is 4.79 Å². The summed E-state index contributed by atoms with van der Waals surface area (Å²) < 4.78 is 5.49. The molecule has 0 unspecified atom stereocenters. The Hall–Kier alpha value is -1.26. The molecule has 4 nitrogen and oxygen atoms in total. The Morgan fingerprint density at radius 3 is 2.83 bits per heavy atom. The van der Waals surface area contributed by atoms with Gasteiger partial charge in [0.2, 0.25) is 5.91 Å². The Labute approximate surface area is 111 Å². The predicted molar refractivity (Wildman–Crippen MR) is 68.8 cm³/mol. The third kappa shape index (κ3) is 3.37. The fourth-order valence-electron chi connectivity index (χ4n) is 1.78. The molecule has 0 aromatic heterocycles. The Balaban J connectivity index is 1.64. The normalized spacial score (nSPS) is 15.3. The number of ether oxygens (including phenoxy) is 1. The molecule has 98 valence electrons. The topological polar surface area (TPSA) is 49.8 Å². The van der Waals surface area contributed by atoms with Gasteiger partial charge in [-0.3, -0.25) is 4.79 Å². The van der Waals surface area contributed by atoms with E-state index in [1.54, 1.807) is 17.0 Å². The number of benzene rings is 1. The van der Waals surface area contributed by atoms with Crippen molar-refractivity contribution < 1.29 is 14.6 Å². The summed E-state index contributed by atoms with van der Waals surface area (Å²) in [5.74, 6) is 0.717. The van der Waals surface area contributed by atoms with E-state index in [1.165, 1.54) is 0 Å². The van der Waals surface area contributed by atoms with Crippen LogP contribution >= 0.6 is 11.6 Å². The molecule has 1 aliphatic rings.